The van der Waals surface area contributed by atoms with Crippen LogP contribution in [0.4, 0.5) is 0 Å². The van der Waals surface area contributed by atoms with E-state index in [1.807, 2.05) is 18.2 Å². The summed E-state index contributed by atoms with van der Waals surface area (Å²) in [6.45, 7) is 12.0. The van der Waals surface area contributed by atoms with Crippen molar-refractivity contribution in [1.82, 2.24) is 20.4 Å². The SMILES string of the molecule is C=CCNC(=NCC1CN2CCN1CC2)NCCc1ccco1. The third kappa shape index (κ3) is 4.59. The second-order valence-corrected chi connectivity index (χ2v) is 6.11. The lowest BCUT2D eigenvalue weighted by Crippen LogP contribution is -2.62. The first-order valence-corrected chi connectivity index (χ1v) is 8.47. The molecule has 6 heteroatoms. The average molecular weight is 317 g/mol. The zero-order chi connectivity index (χ0) is 15.9. The molecule has 0 aromatic carbocycles. The summed E-state index contributed by atoms with van der Waals surface area (Å²) in [6, 6.07) is 4.46. The molecule has 0 radical (unpaired) electrons. The zero-order valence-electron chi connectivity index (χ0n) is 13.7. The third-order valence-corrected chi connectivity index (χ3v) is 4.51. The minimum absolute atomic E-state index is 0.546. The van der Waals surface area contributed by atoms with Crippen LogP contribution in [0.25, 0.3) is 0 Å². The first-order chi connectivity index (χ1) is 11.3. The zero-order valence-corrected chi connectivity index (χ0v) is 13.7. The monoisotopic (exact) mass is 317 g/mol. The number of guanidine groups is 1. The molecule has 23 heavy (non-hydrogen) atoms. The molecule has 3 aliphatic heterocycles. The molecule has 4 rings (SSSR count). The maximum absolute atomic E-state index is 5.36. The van der Waals surface area contributed by atoms with E-state index in [-0.39, 0.29) is 0 Å². The van der Waals surface area contributed by atoms with Crippen molar-refractivity contribution in [3.8, 4) is 0 Å². The number of hydrogen-bond acceptors (Lipinski definition) is 4. The predicted molar refractivity (Wildman–Crippen MR) is 92.7 cm³/mol. The highest BCUT2D eigenvalue weighted by Crippen LogP contribution is 2.15. The average Bonchev–Trinajstić information content (AvgIpc) is 3.11. The molecular weight excluding hydrogens is 290 g/mol. The van der Waals surface area contributed by atoms with Gasteiger partial charge in [0.2, 0.25) is 0 Å². The maximum Gasteiger partial charge on any atom is 0.191 e. The van der Waals surface area contributed by atoms with Crippen LogP contribution in [0, 0.1) is 0 Å². The van der Waals surface area contributed by atoms with Crippen molar-refractivity contribution in [3.63, 3.8) is 0 Å². The fourth-order valence-electron chi connectivity index (χ4n) is 3.20. The van der Waals surface area contributed by atoms with E-state index >= 15 is 0 Å². The van der Waals surface area contributed by atoms with Crippen molar-refractivity contribution >= 4 is 5.96 Å². The van der Waals surface area contributed by atoms with E-state index in [2.05, 4.69) is 27.0 Å². The maximum atomic E-state index is 5.36. The van der Waals surface area contributed by atoms with Crippen LogP contribution in [0.5, 0.6) is 0 Å². The standard InChI is InChI=1S/C17H27N5O/c1-2-6-18-17(19-7-5-16-4-3-12-23-16)20-13-15-14-21-8-10-22(15)11-9-21/h2-4,12,15H,1,5-11,13-14H2,(H2,18,19,20). The van der Waals surface area contributed by atoms with Crippen molar-refractivity contribution in [2.75, 3.05) is 52.4 Å². The van der Waals surface area contributed by atoms with Gasteiger partial charge in [0, 0.05) is 58.3 Å². The highest BCUT2D eigenvalue weighted by Gasteiger charge is 2.31. The van der Waals surface area contributed by atoms with Gasteiger partial charge in [-0.15, -0.1) is 6.58 Å². The van der Waals surface area contributed by atoms with Gasteiger partial charge in [0.15, 0.2) is 5.96 Å². The third-order valence-electron chi connectivity index (χ3n) is 4.51. The van der Waals surface area contributed by atoms with Crippen molar-refractivity contribution in [2.24, 2.45) is 4.99 Å². The number of rotatable bonds is 7. The fraction of sp³-hybridized carbons (Fsp3) is 0.588. The number of aliphatic imine (C=N–C) groups is 1. The Morgan fingerprint density at radius 3 is 2.87 bits per heavy atom. The van der Waals surface area contributed by atoms with Crippen LogP contribution in [0.15, 0.2) is 40.5 Å². The molecule has 1 aromatic heterocycles. The number of nitrogens with one attached hydrogen (secondary N) is 2. The fourth-order valence-corrected chi connectivity index (χ4v) is 3.20. The van der Waals surface area contributed by atoms with Gasteiger partial charge in [-0.3, -0.25) is 14.8 Å². The molecular formula is C17H27N5O. The first kappa shape index (κ1) is 16.1. The number of nitrogens with zero attached hydrogens (tertiary/aromatic N) is 3. The second kappa shape index (κ2) is 8.17. The summed E-state index contributed by atoms with van der Waals surface area (Å²) >= 11 is 0. The molecule has 0 amide bonds. The number of hydrogen-bond donors (Lipinski definition) is 2. The van der Waals surface area contributed by atoms with Crippen molar-refractivity contribution < 1.29 is 4.42 Å². The van der Waals surface area contributed by atoms with Crippen LogP contribution < -0.4 is 10.6 Å². The number of piperazine rings is 3. The van der Waals surface area contributed by atoms with E-state index in [1.54, 1.807) is 6.26 Å². The van der Waals surface area contributed by atoms with Crippen LogP contribution in [0.3, 0.4) is 0 Å². The van der Waals surface area contributed by atoms with E-state index < -0.39 is 0 Å². The van der Waals surface area contributed by atoms with E-state index in [1.165, 1.54) is 26.2 Å². The summed E-state index contributed by atoms with van der Waals surface area (Å²) in [5.41, 5.74) is 0. The summed E-state index contributed by atoms with van der Waals surface area (Å²) in [5.74, 6) is 1.85. The van der Waals surface area contributed by atoms with Gasteiger partial charge in [-0.2, -0.15) is 0 Å². The smallest absolute Gasteiger partial charge is 0.191 e. The van der Waals surface area contributed by atoms with Gasteiger partial charge in [0.1, 0.15) is 5.76 Å². The van der Waals surface area contributed by atoms with Gasteiger partial charge in [-0.25, -0.2) is 0 Å². The Kier molecular flexibility index (Phi) is 5.71. The summed E-state index contributed by atoms with van der Waals surface area (Å²) in [5, 5.41) is 6.67. The Morgan fingerprint density at radius 2 is 2.22 bits per heavy atom. The first-order valence-electron chi connectivity index (χ1n) is 8.47. The number of fused-ring (bicyclic) bond motifs is 3. The molecule has 6 nitrogen and oxygen atoms in total. The molecule has 1 aromatic rings. The highest BCUT2D eigenvalue weighted by atomic mass is 16.3. The summed E-state index contributed by atoms with van der Waals surface area (Å²) in [6.07, 6.45) is 4.41. The van der Waals surface area contributed by atoms with E-state index in [4.69, 9.17) is 9.41 Å². The van der Waals surface area contributed by atoms with Gasteiger partial charge in [0.25, 0.3) is 0 Å². The molecule has 3 fully saturated rings. The minimum atomic E-state index is 0.546. The Bertz CT molecular complexity index is 505. The van der Waals surface area contributed by atoms with Gasteiger partial charge >= 0.3 is 0 Å². The lowest BCUT2D eigenvalue weighted by molar-refractivity contribution is 0.0174. The topological polar surface area (TPSA) is 56.0 Å². The molecule has 3 saturated heterocycles. The lowest BCUT2D eigenvalue weighted by atomic mass is 10.1. The van der Waals surface area contributed by atoms with Crippen molar-refractivity contribution in [2.45, 2.75) is 12.5 Å². The molecule has 1 unspecified atom stereocenters. The van der Waals surface area contributed by atoms with Crippen molar-refractivity contribution in [1.29, 1.82) is 0 Å². The molecule has 4 heterocycles. The molecule has 0 saturated carbocycles. The Labute approximate surface area is 138 Å². The molecule has 3 aliphatic rings. The molecule has 1 atom stereocenters. The Hall–Kier alpha value is -1.79. The molecule has 2 N–H and O–H groups in total. The van der Waals surface area contributed by atoms with Crippen LogP contribution in [0.2, 0.25) is 0 Å². The van der Waals surface area contributed by atoms with Gasteiger partial charge < -0.3 is 15.1 Å². The van der Waals surface area contributed by atoms with E-state index in [9.17, 15) is 0 Å². The number of furan rings is 1. The predicted octanol–water partition coefficient (Wildman–Crippen LogP) is 0.543. The molecule has 2 bridgehead atoms. The second-order valence-electron chi connectivity index (χ2n) is 6.11. The lowest BCUT2D eigenvalue weighted by Gasteiger charge is -2.47. The van der Waals surface area contributed by atoms with E-state index in [0.29, 0.717) is 12.6 Å². The van der Waals surface area contributed by atoms with Gasteiger partial charge in [-0.1, -0.05) is 6.08 Å². The Balaban J connectivity index is 1.49. The van der Waals surface area contributed by atoms with Crippen LogP contribution in [-0.4, -0.2) is 74.2 Å². The van der Waals surface area contributed by atoms with Crippen LogP contribution >= 0.6 is 0 Å². The summed E-state index contributed by atoms with van der Waals surface area (Å²) < 4.78 is 5.36. The van der Waals surface area contributed by atoms with Crippen LogP contribution in [-0.2, 0) is 6.42 Å². The molecule has 0 spiro atoms. The normalized spacial score (nSPS) is 27.0. The summed E-state index contributed by atoms with van der Waals surface area (Å²) in [7, 11) is 0. The largest absolute Gasteiger partial charge is 0.469 e. The quantitative estimate of drug-likeness (QED) is 0.437. The van der Waals surface area contributed by atoms with Gasteiger partial charge in [-0.05, 0) is 12.1 Å². The minimum Gasteiger partial charge on any atom is -0.469 e. The highest BCUT2D eigenvalue weighted by molar-refractivity contribution is 5.79. The summed E-state index contributed by atoms with van der Waals surface area (Å²) in [4.78, 5) is 9.88. The van der Waals surface area contributed by atoms with Crippen molar-refractivity contribution in [3.05, 3.63) is 36.8 Å². The van der Waals surface area contributed by atoms with E-state index in [0.717, 1.165) is 37.8 Å². The molecule has 126 valence electrons. The van der Waals surface area contributed by atoms with Crippen LogP contribution in [0.1, 0.15) is 5.76 Å². The molecule has 0 aliphatic carbocycles. The van der Waals surface area contributed by atoms with Gasteiger partial charge in [0.05, 0.1) is 12.8 Å². The Morgan fingerprint density at radius 1 is 1.35 bits per heavy atom.